The Labute approximate surface area is 91.4 Å². The molecule has 1 heterocycles. The first-order valence-electron chi connectivity index (χ1n) is 5.86. The van der Waals surface area contributed by atoms with Crippen LogP contribution in [-0.4, -0.2) is 41.7 Å². The van der Waals surface area contributed by atoms with Crippen molar-refractivity contribution in [1.29, 1.82) is 0 Å². The minimum absolute atomic E-state index is 0.302. The number of rotatable bonds is 5. The Balaban J connectivity index is 2.54. The van der Waals surface area contributed by atoms with Crippen LogP contribution in [0.3, 0.4) is 0 Å². The third-order valence-corrected chi connectivity index (χ3v) is 3.17. The van der Waals surface area contributed by atoms with Crippen LogP contribution in [0.25, 0.3) is 0 Å². The molecule has 4 nitrogen and oxygen atoms in total. The number of likely N-dealkylation sites (tertiary alicyclic amines) is 1. The molecule has 0 saturated carbocycles. The minimum atomic E-state index is -0.686. The second-order valence-corrected chi connectivity index (χ2v) is 4.38. The van der Waals surface area contributed by atoms with Crippen LogP contribution in [0.5, 0.6) is 0 Å². The molecular weight excluding hydrogens is 192 g/mol. The van der Waals surface area contributed by atoms with Gasteiger partial charge in [0, 0.05) is 6.54 Å². The van der Waals surface area contributed by atoms with Gasteiger partial charge in [0.25, 0.3) is 0 Å². The predicted molar refractivity (Wildman–Crippen MR) is 59.7 cm³/mol. The highest BCUT2D eigenvalue weighted by atomic mass is 16.4. The molecule has 1 rings (SSSR count). The van der Waals surface area contributed by atoms with Gasteiger partial charge in [0.2, 0.25) is 0 Å². The molecule has 2 atom stereocenters. The largest absolute Gasteiger partial charge is 0.480 e. The van der Waals surface area contributed by atoms with Crippen molar-refractivity contribution in [2.75, 3.05) is 19.6 Å². The lowest BCUT2D eigenvalue weighted by Gasteiger charge is -2.35. The normalized spacial score (nSPS) is 25.1. The van der Waals surface area contributed by atoms with Crippen molar-refractivity contribution in [3.05, 3.63) is 0 Å². The number of carbonyl (C=O) groups is 1. The maximum Gasteiger partial charge on any atom is 0.320 e. The summed E-state index contributed by atoms with van der Waals surface area (Å²) in [4.78, 5) is 13.2. The van der Waals surface area contributed by atoms with E-state index in [2.05, 4.69) is 4.90 Å². The van der Waals surface area contributed by atoms with E-state index in [0.717, 1.165) is 38.8 Å². The number of carboxylic acids is 1. The van der Waals surface area contributed by atoms with Gasteiger partial charge < -0.3 is 10.8 Å². The molecule has 0 amide bonds. The molecule has 2 unspecified atom stereocenters. The second kappa shape index (κ2) is 6.08. The number of nitrogens with zero attached hydrogens (tertiary/aromatic N) is 1. The molecule has 0 spiro atoms. The average molecular weight is 214 g/mol. The third kappa shape index (κ3) is 3.47. The van der Waals surface area contributed by atoms with Crippen LogP contribution in [-0.2, 0) is 4.79 Å². The fraction of sp³-hybridized carbons (Fsp3) is 0.909. The van der Waals surface area contributed by atoms with E-state index in [1.807, 2.05) is 6.92 Å². The lowest BCUT2D eigenvalue weighted by molar-refractivity contribution is -0.144. The molecule has 0 radical (unpaired) electrons. The predicted octanol–water partition coefficient (Wildman–Crippen LogP) is 0.910. The fourth-order valence-electron chi connectivity index (χ4n) is 2.31. The summed E-state index contributed by atoms with van der Waals surface area (Å²) < 4.78 is 0. The lowest BCUT2D eigenvalue weighted by atomic mass is 9.96. The summed E-state index contributed by atoms with van der Waals surface area (Å²) in [5.41, 5.74) is 5.64. The van der Waals surface area contributed by atoms with E-state index in [-0.39, 0.29) is 6.04 Å². The van der Waals surface area contributed by atoms with Crippen molar-refractivity contribution in [2.45, 2.75) is 38.6 Å². The molecular formula is C11H22N2O2. The Morgan fingerprint density at radius 1 is 1.67 bits per heavy atom. The number of nitrogens with two attached hydrogens (primary N) is 1. The summed E-state index contributed by atoms with van der Waals surface area (Å²) in [5.74, 6) is -0.202. The maximum atomic E-state index is 11.1. The van der Waals surface area contributed by atoms with Gasteiger partial charge in [-0.25, -0.2) is 0 Å². The standard InChI is InChI=1S/C11H22N2O2/c1-2-4-10(11(14)15)13-6-3-5-9(7-12)8-13/h9-10H,2-8,12H2,1H3,(H,14,15). The molecule has 1 saturated heterocycles. The van der Waals surface area contributed by atoms with Crippen molar-refractivity contribution in [3.63, 3.8) is 0 Å². The van der Waals surface area contributed by atoms with Crippen LogP contribution in [0.15, 0.2) is 0 Å². The van der Waals surface area contributed by atoms with Gasteiger partial charge in [0.15, 0.2) is 0 Å². The topological polar surface area (TPSA) is 66.6 Å². The first kappa shape index (κ1) is 12.5. The fourth-order valence-corrected chi connectivity index (χ4v) is 2.31. The number of piperidine rings is 1. The SMILES string of the molecule is CCCC(C(=O)O)N1CCCC(CN)C1. The van der Waals surface area contributed by atoms with Crippen LogP contribution in [0.2, 0.25) is 0 Å². The molecule has 88 valence electrons. The Kier molecular flexibility index (Phi) is 5.05. The van der Waals surface area contributed by atoms with Crippen molar-refractivity contribution in [3.8, 4) is 0 Å². The van der Waals surface area contributed by atoms with Crippen molar-refractivity contribution >= 4 is 5.97 Å². The highest BCUT2D eigenvalue weighted by Crippen LogP contribution is 2.19. The van der Waals surface area contributed by atoms with E-state index in [1.165, 1.54) is 0 Å². The Hall–Kier alpha value is -0.610. The number of hydrogen-bond acceptors (Lipinski definition) is 3. The molecule has 0 aromatic rings. The van der Waals surface area contributed by atoms with Crippen molar-refractivity contribution in [2.24, 2.45) is 11.7 Å². The van der Waals surface area contributed by atoms with Crippen molar-refractivity contribution < 1.29 is 9.90 Å². The van der Waals surface area contributed by atoms with Gasteiger partial charge in [-0.15, -0.1) is 0 Å². The molecule has 0 bridgehead atoms. The zero-order valence-electron chi connectivity index (χ0n) is 9.48. The molecule has 1 fully saturated rings. The van der Waals surface area contributed by atoms with E-state index >= 15 is 0 Å². The maximum absolute atomic E-state index is 11.1. The molecule has 1 aliphatic rings. The van der Waals surface area contributed by atoms with E-state index in [9.17, 15) is 4.79 Å². The highest BCUT2D eigenvalue weighted by molar-refractivity contribution is 5.73. The van der Waals surface area contributed by atoms with Crippen molar-refractivity contribution in [1.82, 2.24) is 4.90 Å². The molecule has 3 N–H and O–H groups in total. The lowest BCUT2D eigenvalue weighted by Crippen LogP contribution is -2.47. The molecule has 15 heavy (non-hydrogen) atoms. The van der Waals surface area contributed by atoms with Gasteiger partial charge in [-0.3, -0.25) is 9.69 Å². The molecule has 0 aromatic carbocycles. The number of aliphatic carboxylic acids is 1. The summed E-state index contributed by atoms with van der Waals surface area (Å²) in [6.07, 6.45) is 3.88. The van der Waals surface area contributed by atoms with Gasteiger partial charge >= 0.3 is 5.97 Å². The first-order valence-corrected chi connectivity index (χ1v) is 5.86. The summed E-state index contributed by atoms with van der Waals surface area (Å²) in [7, 11) is 0. The molecule has 0 aromatic heterocycles. The second-order valence-electron chi connectivity index (χ2n) is 4.38. The third-order valence-electron chi connectivity index (χ3n) is 3.17. The van der Waals surface area contributed by atoms with E-state index in [4.69, 9.17) is 10.8 Å². The summed E-state index contributed by atoms with van der Waals surface area (Å²) in [5, 5.41) is 9.14. The monoisotopic (exact) mass is 214 g/mol. The van der Waals surface area contributed by atoms with Gasteiger partial charge in [-0.1, -0.05) is 13.3 Å². The van der Waals surface area contributed by atoms with Crippen LogP contribution in [0.1, 0.15) is 32.6 Å². The molecule has 1 aliphatic heterocycles. The first-order chi connectivity index (χ1) is 7.19. The van der Waals surface area contributed by atoms with Crippen LogP contribution < -0.4 is 5.73 Å². The van der Waals surface area contributed by atoms with E-state index < -0.39 is 5.97 Å². The van der Waals surface area contributed by atoms with E-state index in [1.54, 1.807) is 0 Å². The van der Waals surface area contributed by atoms with Gasteiger partial charge in [-0.05, 0) is 38.3 Å². The molecule has 0 aliphatic carbocycles. The number of hydrogen-bond donors (Lipinski definition) is 2. The van der Waals surface area contributed by atoms with Gasteiger partial charge in [0.1, 0.15) is 6.04 Å². The van der Waals surface area contributed by atoms with Crippen LogP contribution in [0.4, 0.5) is 0 Å². The Bertz CT molecular complexity index is 209. The smallest absolute Gasteiger partial charge is 0.320 e. The van der Waals surface area contributed by atoms with Crippen LogP contribution >= 0.6 is 0 Å². The Morgan fingerprint density at radius 3 is 2.93 bits per heavy atom. The summed E-state index contributed by atoms with van der Waals surface area (Å²) >= 11 is 0. The van der Waals surface area contributed by atoms with Gasteiger partial charge in [0.05, 0.1) is 0 Å². The molecule has 4 heteroatoms. The zero-order chi connectivity index (χ0) is 11.3. The highest BCUT2D eigenvalue weighted by Gasteiger charge is 2.28. The van der Waals surface area contributed by atoms with E-state index in [0.29, 0.717) is 12.5 Å². The van der Waals surface area contributed by atoms with Crippen LogP contribution in [0, 0.1) is 5.92 Å². The number of carboxylic acid groups (broad SMARTS) is 1. The average Bonchev–Trinajstić information content (AvgIpc) is 2.25. The minimum Gasteiger partial charge on any atom is -0.480 e. The zero-order valence-corrected chi connectivity index (χ0v) is 9.48. The van der Waals surface area contributed by atoms with Gasteiger partial charge in [-0.2, -0.15) is 0 Å². The Morgan fingerprint density at radius 2 is 2.40 bits per heavy atom. The summed E-state index contributed by atoms with van der Waals surface area (Å²) in [6, 6.07) is -0.302. The summed E-state index contributed by atoms with van der Waals surface area (Å²) in [6.45, 7) is 4.47. The quantitative estimate of drug-likeness (QED) is 0.714.